The molecular weight excluding hydrogens is 458 g/mol. The molecule has 2 atom stereocenters. The van der Waals surface area contributed by atoms with Crippen LogP contribution in [0.5, 0.6) is 0 Å². The summed E-state index contributed by atoms with van der Waals surface area (Å²) in [7, 11) is 0. The molecular formula is C23H27N5O5S. The van der Waals surface area contributed by atoms with Crippen LogP contribution >= 0.6 is 11.9 Å². The molecule has 0 aliphatic carbocycles. The minimum Gasteiger partial charge on any atom is -0.481 e. The van der Waals surface area contributed by atoms with Gasteiger partial charge in [0.1, 0.15) is 18.3 Å². The van der Waals surface area contributed by atoms with Crippen molar-refractivity contribution in [3.8, 4) is 0 Å². The molecule has 0 fully saturated rings. The molecule has 0 amide bonds. The Balaban J connectivity index is 1.49. The minimum absolute atomic E-state index is 0.0536. The molecule has 11 heteroatoms. The number of aromatic nitrogens is 2. The van der Waals surface area contributed by atoms with Crippen LogP contribution < -0.4 is 9.95 Å². The number of carboxylic acid groups (broad SMARTS) is 1. The highest BCUT2D eigenvalue weighted by atomic mass is 32.2. The first-order valence-electron chi connectivity index (χ1n) is 10.9. The molecule has 2 aliphatic rings. The first-order valence-corrected chi connectivity index (χ1v) is 11.7. The molecule has 2 aliphatic heterocycles. The molecule has 0 radical (unpaired) electrons. The maximum atomic E-state index is 12.1. The fourth-order valence-corrected chi connectivity index (χ4v) is 4.40. The van der Waals surface area contributed by atoms with Gasteiger partial charge in [-0.05, 0) is 30.9 Å². The number of ether oxygens (including phenoxy) is 3. The van der Waals surface area contributed by atoms with Crippen molar-refractivity contribution in [3.63, 3.8) is 0 Å². The van der Waals surface area contributed by atoms with Crippen molar-refractivity contribution in [2.45, 2.75) is 19.8 Å². The first-order chi connectivity index (χ1) is 16.6. The van der Waals surface area contributed by atoms with Gasteiger partial charge in [0.25, 0.3) is 0 Å². The predicted octanol–water partition coefficient (Wildman–Crippen LogP) is 3.06. The van der Waals surface area contributed by atoms with Gasteiger partial charge in [-0.1, -0.05) is 30.3 Å². The normalized spacial score (nSPS) is 17.4. The third kappa shape index (κ3) is 6.12. The van der Waals surface area contributed by atoms with E-state index in [1.807, 2.05) is 25.1 Å². The number of hydrogen-bond acceptors (Lipinski definition) is 9. The number of hydrogen-bond donors (Lipinski definition) is 2. The Bertz CT molecular complexity index is 1040. The van der Waals surface area contributed by atoms with E-state index in [0.717, 1.165) is 11.3 Å². The molecule has 4 rings (SSSR count). The molecule has 1 aromatic carbocycles. The van der Waals surface area contributed by atoms with Gasteiger partial charge in [0, 0.05) is 29.6 Å². The molecule has 3 heterocycles. The lowest BCUT2D eigenvalue weighted by molar-refractivity contribution is -0.140. The van der Waals surface area contributed by atoms with Crippen molar-refractivity contribution < 1.29 is 24.1 Å². The fourth-order valence-electron chi connectivity index (χ4n) is 3.58. The van der Waals surface area contributed by atoms with Gasteiger partial charge in [-0.15, -0.1) is 0 Å². The van der Waals surface area contributed by atoms with Crippen LogP contribution in [0.3, 0.4) is 0 Å². The van der Waals surface area contributed by atoms with Crippen LogP contribution in [0, 0.1) is 11.8 Å². The number of carbonyl (C=O) groups is 1. The Morgan fingerprint density at radius 2 is 2.24 bits per heavy atom. The van der Waals surface area contributed by atoms with E-state index in [0.29, 0.717) is 30.4 Å². The molecule has 0 saturated carbocycles. The smallest absolute Gasteiger partial charge is 0.312 e. The molecule has 34 heavy (non-hydrogen) atoms. The summed E-state index contributed by atoms with van der Waals surface area (Å²) in [6.45, 7) is 2.82. The molecule has 0 saturated heterocycles. The van der Waals surface area contributed by atoms with E-state index >= 15 is 0 Å². The lowest BCUT2D eigenvalue weighted by atomic mass is 9.97. The quantitative estimate of drug-likeness (QED) is 0.282. The van der Waals surface area contributed by atoms with Gasteiger partial charge in [0.2, 0.25) is 6.79 Å². The Hall–Kier alpha value is -3.44. The van der Waals surface area contributed by atoms with Crippen LogP contribution in [0.25, 0.3) is 0 Å². The second-order valence-corrected chi connectivity index (χ2v) is 8.47. The summed E-state index contributed by atoms with van der Waals surface area (Å²) < 4.78 is 18.4. The van der Waals surface area contributed by atoms with Crippen molar-refractivity contribution in [3.05, 3.63) is 77.7 Å². The number of benzene rings is 1. The monoisotopic (exact) mass is 485 g/mol. The van der Waals surface area contributed by atoms with E-state index in [1.165, 1.54) is 11.9 Å². The molecule has 1 aromatic heterocycles. The van der Waals surface area contributed by atoms with Crippen molar-refractivity contribution in [1.82, 2.24) is 14.5 Å². The van der Waals surface area contributed by atoms with E-state index in [1.54, 1.807) is 41.0 Å². The standard InChI is InChI=1S/C23H27N5O5S/c1-2-32-22(11-19(23(29)30)21-13-28(26-34-21)27-9-8-24-15-27)25-12-18(20-14-31-16-33-20)10-17-6-4-3-5-7-17/h3-9,13-15,18-19,26H,2,10-12,16H2,1H3,(H,29,30). The minimum atomic E-state index is -0.948. The summed E-state index contributed by atoms with van der Waals surface area (Å²) in [6.07, 6.45) is 9.23. The van der Waals surface area contributed by atoms with Crippen molar-refractivity contribution >= 4 is 23.8 Å². The van der Waals surface area contributed by atoms with E-state index in [4.69, 9.17) is 14.2 Å². The average molecular weight is 486 g/mol. The number of aliphatic imine (C=N–C) groups is 1. The number of carboxylic acids is 1. The van der Waals surface area contributed by atoms with Crippen LogP contribution in [-0.2, 0) is 25.4 Å². The number of rotatable bonds is 11. The topological polar surface area (TPSA) is 110 Å². The zero-order valence-corrected chi connectivity index (χ0v) is 19.6. The lowest BCUT2D eigenvalue weighted by Crippen LogP contribution is -2.33. The summed E-state index contributed by atoms with van der Waals surface area (Å²) in [5.41, 5.74) is 1.15. The number of nitrogens with one attached hydrogen (secondary N) is 1. The molecule has 10 nitrogen and oxygen atoms in total. The molecule has 2 unspecified atom stereocenters. The van der Waals surface area contributed by atoms with Crippen LogP contribution in [0.1, 0.15) is 18.9 Å². The third-order valence-electron chi connectivity index (χ3n) is 5.29. The van der Waals surface area contributed by atoms with E-state index in [2.05, 4.69) is 26.9 Å². The largest absolute Gasteiger partial charge is 0.481 e. The van der Waals surface area contributed by atoms with Crippen LogP contribution in [0.15, 0.2) is 77.2 Å². The Morgan fingerprint density at radius 1 is 1.38 bits per heavy atom. The van der Waals surface area contributed by atoms with Gasteiger partial charge in [-0.25, -0.2) is 14.8 Å². The Morgan fingerprint density at radius 3 is 2.91 bits per heavy atom. The van der Waals surface area contributed by atoms with Gasteiger partial charge >= 0.3 is 5.97 Å². The highest BCUT2D eigenvalue weighted by Gasteiger charge is 2.30. The fraction of sp³-hybridized carbons (Fsp3) is 0.348. The van der Waals surface area contributed by atoms with Gasteiger partial charge in [0.05, 0.1) is 25.3 Å². The number of nitrogens with zero attached hydrogens (tertiary/aromatic N) is 4. The SMILES string of the molecule is CCOC(CC(C(=O)O)C1=CN(n2ccnc2)NS1)=NCC(Cc1ccccc1)C1=COCO1. The summed E-state index contributed by atoms with van der Waals surface area (Å²) >= 11 is 1.24. The molecule has 180 valence electrons. The van der Waals surface area contributed by atoms with E-state index in [-0.39, 0.29) is 19.1 Å². The number of aliphatic carboxylic acids is 1. The maximum Gasteiger partial charge on any atom is 0.312 e. The van der Waals surface area contributed by atoms with Gasteiger partial charge in [0.15, 0.2) is 5.90 Å². The lowest BCUT2D eigenvalue weighted by Gasteiger charge is -2.17. The Labute approximate surface area is 202 Å². The van der Waals surface area contributed by atoms with Crippen molar-refractivity contribution in [2.75, 3.05) is 25.1 Å². The van der Waals surface area contributed by atoms with Crippen LogP contribution in [-0.4, -0.2) is 46.6 Å². The second kappa shape index (κ2) is 11.6. The highest BCUT2D eigenvalue weighted by molar-refractivity contribution is 8.01. The number of imidazole rings is 1. The second-order valence-electron chi connectivity index (χ2n) is 7.61. The molecule has 2 aromatic rings. The van der Waals surface area contributed by atoms with Crippen molar-refractivity contribution in [1.29, 1.82) is 0 Å². The summed E-state index contributed by atoms with van der Waals surface area (Å²) in [6, 6.07) is 10.1. The van der Waals surface area contributed by atoms with Crippen LogP contribution in [0.4, 0.5) is 0 Å². The van der Waals surface area contributed by atoms with Gasteiger partial charge in [-0.2, -0.15) is 4.83 Å². The van der Waals surface area contributed by atoms with Gasteiger partial charge < -0.3 is 19.3 Å². The van der Waals surface area contributed by atoms with Crippen LogP contribution in [0.2, 0.25) is 0 Å². The average Bonchev–Trinajstić information content (AvgIpc) is 3.62. The molecule has 0 bridgehead atoms. The summed E-state index contributed by atoms with van der Waals surface area (Å²) in [5.74, 6) is -0.685. The third-order valence-corrected chi connectivity index (χ3v) is 6.19. The predicted molar refractivity (Wildman–Crippen MR) is 128 cm³/mol. The van der Waals surface area contributed by atoms with E-state index in [9.17, 15) is 9.90 Å². The summed E-state index contributed by atoms with van der Waals surface area (Å²) in [5, 5.41) is 11.6. The zero-order chi connectivity index (χ0) is 23.8. The Kier molecular flexibility index (Phi) is 8.10. The highest BCUT2D eigenvalue weighted by Crippen LogP contribution is 2.31. The van der Waals surface area contributed by atoms with Crippen molar-refractivity contribution in [2.24, 2.45) is 16.8 Å². The van der Waals surface area contributed by atoms with Gasteiger partial charge in [-0.3, -0.25) is 9.79 Å². The zero-order valence-electron chi connectivity index (χ0n) is 18.7. The molecule has 0 spiro atoms. The molecule has 2 N–H and O–H groups in total. The summed E-state index contributed by atoms with van der Waals surface area (Å²) in [4.78, 5) is 24.5. The maximum absolute atomic E-state index is 12.1. The number of hydrazine groups is 1. The first kappa shape index (κ1) is 23.7. The van der Waals surface area contributed by atoms with E-state index < -0.39 is 11.9 Å².